The molecule has 1 heterocycles. The van der Waals surface area contributed by atoms with Gasteiger partial charge in [-0.05, 0) is 29.5 Å². The second kappa shape index (κ2) is 4.52. The monoisotopic (exact) mass is 333 g/mol. The predicted molar refractivity (Wildman–Crippen MR) is 54.3 cm³/mol. The van der Waals surface area contributed by atoms with Gasteiger partial charge in [-0.3, -0.25) is 4.98 Å². The van der Waals surface area contributed by atoms with Gasteiger partial charge in [-0.15, -0.1) is 13.2 Å². The average Bonchev–Trinajstić information content (AvgIpc) is 2.11. The molecule has 0 aliphatic rings. The molecule has 3 nitrogen and oxygen atoms in total. The van der Waals surface area contributed by atoms with Crippen LogP contribution in [0.2, 0.25) is 0 Å². The highest BCUT2D eigenvalue weighted by atomic mass is 127. The molecule has 0 bridgehead atoms. The van der Waals surface area contributed by atoms with Crippen LogP contribution in [0, 0.1) is 10.5 Å². The van der Waals surface area contributed by atoms with E-state index in [-0.39, 0.29) is 5.69 Å². The zero-order chi connectivity index (χ0) is 11.6. The lowest BCUT2D eigenvalue weighted by atomic mass is 10.2. The molecule has 0 amide bonds. The molecule has 0 saturated heterocycles. The minimum Gasteiger partial charge on any atom is -0.403 e. The normalized spacial score (nSPS) is 11.6. The molecule has 1 aromatic rings. The highest BCUT2D eigenvalue weighted by molar-refractivity contribution is 14.1. The zero-order valence-corrected chi connectivity index (χ0v) is 9.76. The van der Waals surface area contributed by atoms with Gasteiger partial charge >= 0.3 is 6.36 Å². The molecule has 15 heavy (non-hydrogen) atoms. The molecule has 0 spiro atoms. The molecule has 0 unspecified atom stereocenters. The molecule has 0 saturated carbocycles. The van der Waals surface area contributed by atoms with E-state index in [0.717, 1.165) is 0 Å². The summed E-state index contributed by atoms with van der Waals surface area (Å²) >= 11 is 1.84. The maximum atomic E-state index is 12.0. The maximum absolute atomic E-state index is 12.0. The van der Waals surface area contributed by atoms with Crippen LogP contribution >= 0.6 is 22.6 Å². The zero-order valence-electron chi connectivity index (χ0n) is 7.60. The summed E-state index contributed by atoms with van der Waals surface area (Å²) < 4.78 is 40.5. The Labute approximate surface area is 97.4 Å². The summed E-state index contributed by atoms with van der Waals surface area (Å²) in [5.74, 6) is -0.420. The maximum Gasteiger partial charge on any atom is 0.573 e. The lowest BCUT2D eigenvalue weighted by Crippen LogP contribution is -2.19. The van der Waals surface area contributed by atoms with E-state index < -0.39 is 18.7 Å². The molecule has 0 atom stereocenters. The Hall–Kier alpha value is -0.570. The number of rotatable bonds is 2. The van der Waals surface area contributed by atoms with Gasteiger partial charge in [-0.25, -0.2) is 0 Å². The molecule has 7 heteroatoms. The quantitative estimate of drug-likeness (QED) is 0.845. The summed E-state index contributed by atoms with van der Waals surface area (Å²) in [4.78, 5) is 3.66. The number of aromatic nitrogens is 1. The first-order chi connectivity index (χ1) is 6.85. The number of alkyl halides is 3. The Kier molecular flexibility index (Phi) is 3.77. The molecule has 0 radical (unpaired) electrons. The number of halogens is 4. The largest absolute Gasteiger partial charge is 0.573 e. The lowest BCUT2D eigenvalue weighted by molar-refractivity contribution is -0.275. The SMILES string of the molecule is Cc1c(I)cnc(CO)c1OC(F)(F)F. The topological polar surface area (TPSA) is 42.4 Å². The summed E-state index contributed by atoms with van der Waals surface area (Å²) in [7, 11) is 0. The van der Waals surface area contributed by atoms with Crippen molar-refractivity contribution in [1.29, 1.82) is 0 Å². The van der Waals surface area contributed by atoms with Crippen LogP contribution in [0.4, 0.5) is 13.2 Å². The number of pyridine rings is 1. The van der Waals surface area contributed by atoms with Crippen molar-refractivity contribution in [2.75, 3.05) is 0 Å². The number of aliphatic hydroxyl groups is 1. The highest BCUT2D eigenvalue weighted by Crippen LogP contribution is 2.31. The van der Waals surface area contributed by atoms with Gasteiger partial charge in [0.25, 0.3) is 0 Å². The van der Waals surface area contributed by atoms with Gasteiger partial charge in [-0.2, -0.15) is 0 Å². The van der Waals surface area contributed by atoms with E-state index in [1.165, 1.54) is 13.1 Å². The van der Waals surface area contributed by atoms with E-state index in [1.54, 1.807) is 0 Å². The summed E-state index contributed by atoms with van der Waals surface area (Å²) in [6.45, 7) is 0.882. The number of nitrogens with zero attached hydrogens (tertiary/aromatic N) is 1. The van der Waals surface area contributed by atoms with Gasteiger partial charge < -0.3 is 9.84 Å². The minimum atomic E-state index is -4.78. The molecule has 1 aromatic heterocycles. The Morgan fingerprint density at radius 1 is 1.53 bits per heavy atom. The van der Waals surface area contributed by atoms with E-state index in [0.29, 0.717) is 9.13 Å². The number of ether oxygens (including phenoxy) is 1. The van der Waals surface area contributed by atoms with E-state index >= 15 is 0 Å². The molecule has 0 fully saturated rings. The first kappa shape index (κ1) is 12.5. The highest BCUT2D eigenvalue weighted by Gasteiger charge is 2.33. The van der Waals surface area contributed by atoms with Crippen molar-refractivity contribution in [2.45, 2.75) is 19.9 Å². The second-order valence-corrected chi connectivity index (χ2v) is 3.88. The minimum absolute atomic E-state index is 0.120. The number of hydrogen-bond acceptors (Lipinski definition) is 3. The van der Waals surface area contributed by atoms with Crippen LogP contribution in [0.3, 0.4) is 0 Å². The molecule has 0 aliphatic heterocycles. The van der Waals surface area contributed by atoms with Crippen LogP contribution in [0.15, 0.2) is 6.20 Å². The fraction of sp³-hybridized carbons (Fsp3) is 0.375. The fourth-order valence-corrected chi connectivity index (χ4v) is 1.36. The lowest BCUT2D eigenvalue weighted by Gasteiger charge is -2.14. The second-order valence-electron chi connectivity index (χ2n) is 2.71. The molecule has 1 rings (SSSR count). The van der Waals surface area contributed by atoms with Gasteiger partial charge in [0, 0.05) is 15.3 Å². The van der Waals surface area contributed by atoms with Crippen molar-refractivity contribution in [3.05, 3.63) is 21.0 Å². The van der Waals surface area contributed by atoms with Crippen LogP contribution in [-0.4, -0.2) is 16.5 Å². The third kappa shape index (κ3) is 3.20. The van der Waals surface area contributed by atoms with Crippen LogP contribution in [0.5, 0.6) is 5.75 Å². The Morgan fingerprint density at radius 3 is 2.60 bits per heavy atom. The molecule has 84 valence electrons. The smallest absolute Gasteiger partial charge is 0.403 e. The standard InChI is InChI=1S/C8H7F3INO2/c1-4-5(12)2-13-6(3-14)7(4)15-8(9,10)11/h2,14H,3H2,1H3. The number of aliphatic hydroxyl groups excluding tert-OH is 1. The van der Waals surface area contributed by atoms with Gasteiger partial charge in [0.15, 0.2) is 5.75 Å². The van der Waals surface area contributed by atoms with Crippen LogP contribution < -0.4 is 4.74 Å². The third-order valence-corrected chi connectivity index (χ3v) is 2.75. The van der Waals surface area contributed by atoms with Crippen molar-refractivity contribution in [1.82, 2.24) is 4.98 Å². The predicted octanol–water partition coefficient (Wildman–Crippen LogP) is 2.39. The Bertz CT molecular complexity index is 368. The first-order valence-corrected chi connectivity index (χ1v) is 4.93. The third-order valence-electron chi connectivity index (χ3n) is 1.66. The van der Waals surface area contributed by atoms with E-state index in [1.807, 2.05) is 22.6 Å². The summed E-state index contributed by atoms with van der Waals surface area (Å²) in [6, 6.07) is 0. The Morgan fingerprint density at radius 2 is 2.13 bits per heavy atom. The molecule has 0 aromatic carbocycles. The van der Waals surface area contributed by atoms with E-state index in [2.05, 4.69) is 9.72 Å². The average molecular weight is 333 g/mol. The number of hydrogen-bond donors (Lipinski definition) is 1. The van der Waals surface area contributed by atoms with Gasteiger partial charge in [0.05, 0.1) is 6.61 Å². The van der Waals surface area contributed by atoms with Crippen LogP contribution in [0.25, 0.3) is 0 Å². The summed E-state index contributed by atoms with van der Waals surface area (Å²) in [6.07, 6.45) is -3.40. The fourth-order valence-electron chi connectivity index (χ4n) is 0.979. The van der Waals surface area contributed by atoms with Gasteiger partial charge in [-0.1, -0.05) is 0 Å². The molecule has 0 aliphatic carbocycles. The van der Waals surface area contributed by atoms with Crippen LogP contribution in [0.1, 0.15) is 11.3 Å². The summed E-state index contributed by atoms with van der Waals surface area (Å²) in [5.41, 5.74) is 0.192. The molecular weight excluding hydrogens is 326 g/mol. The molecular formula is C8H7F3INO2. The van der Waals surface area contributed by atoms with Crippen LogP contribution in [-0.2, 0) is 6.61 Å². The van der Waals surface area contributed by atoms with Crippen molar-refractivity contribution in [3.63, 3.8) is 0 Å². The van der Waals surface area contributed by atoms with Crippen molar-refractivity contribution in [3.8, 4) is 5.75 Å². The van der Waals surface area contributed by atoms with E-state index in [9.17, 15) is 13.2 Å². The van der Waals surface area contributed by atoms with Crippen molar-refractivity contribution >= 4 is 22.6 Å². The first-order valence-electron chi connectivity index (χ1n) is 3.85. The summed E-state index contributed by atoms with van der Waals surface area (Å²) in [5, 5.41) is 8.82. The molecule has 1 N–H and O–H groups in total. The van der Waals surface area contributed by atoms with Crippen molar-refractivity contribution < 1.29 is 23.0 Å². The van der Waals surface area contributed by atoms with Crippen molar-refractivity contribution in [2.24, 2.45) is 0 Å². The Balaban J connectivity index is 3.18. The van der Waals surface area contributed by atoms with Gasteiger partial charge in [0.2, 0.25) is 0 Å². The van der Waals surface area contributed by atoms with E-state index in [4.69, 9.17) is 5.11 Å². The van der Waals surface area contributed by atoms with Gasteiger partial charge in [0.1, 0.15) is 5.69 Å².